The third-order valence-corrected chi connectivity index (χ3v) is 6.39. The van der Waals surface area contributed by atoms with Gasteiger partial charge in [-0.05, 0) is 30.6 Å². The summed E-state index contributed by atoms with van der Waals surface area (Å²) in [6.45, 7) is 4.03. The van der Waals surface area contributed by atoms with Crippen molar-refractivity contribution in [2.45, 2.75) is 18.4 Å². The number of anilines is 1. The molecule has 3 fully saturated rings. The third-order valence-electron chi connectivity index (χ3n) is 5.18. The van der Waals surface area contributed by atoms with Gasteiger partial charge in [-0.25, -0.2) is 4.98 Å². The fourth-order valence-corrected chi connectivity index (χ4v) is 4.85. The molecule has 4 heterocycles. The van der Waals surface area contributed by atoms with Crippen molar-refractivity contribution in [3.8, 4) is 10.4 Å². The average Bonchev–Trinajstić information content (AvgIpc) is 3.09. The first-order chi connectivity index (χ1) is 12.5. The number of aliphatic hydroxyl groups is 1. The molecule has 5 nitrogen and oxygen atoms in total. The lowest BCUT2D eigenvalue weighted by atomic mass is 9.72. The van der Waals surface area contributed by atoms with Crippen molar-refractivity contribution in [1.29, 1.82) is 0 Å². The van der Waals surface area contributed by atoms with Crippen LogP contribution in [-0.4, -0.2) is 59.4 Å². The molecule has 1 aromatic carbocycles. The molecule has 1 aromatic heterocycles. The maximum atomic E-state index is 11.2. The van der Waals surface area contributed by atoms with Crippen molar-refractivity contribution < 1.29 is 9.50 Å². The molecule has 3 aliphatic rings. The van der Waals surface area contributed by atoms with Gasteiger partial charge >= 0.3 is 0 Å². The van der Waals surface area contributed by atoms with Gasteiger partial charge in [0.15, 0.2) is 18.2 Å². The number of nitrogens with one attached hydrogen (secondary N) is 2. The number of fused-ring (bicyclic) bond motifs is 3. The molecule has 1 unspecified atom stereocenters. The number of piperidine rings is 3. The predicted molar refractivity (Wildman–Crippen MR) is 114 cm³/mol. The van der Waals surface area contributed by atoms with Crippen molar-refractivity contribution in [3.05, 3.63) is 36.5 Å². The van der Waals surface area contributed by atoms with Crippen LogP contribution in [0.5, 0.6) is 0 Å². The van der Waals surface area contributed by atoms with Gasteiger partial charge in [0.05, 0.1) is 18.0 Å². The zero-order valence-corrected chi connectivity index (χ0v) is 15.6. The average molecular weight is 388 g/mol. The molecule has 2 aromatic rings. The second-order valence-corrected chi connectivity index (χ2v) is 8.30. The topological polar surface area (TPSA) is 57.2 Å². The molecule has 138 valence electrons. The summed E-state index contributed by atoms with van der Waals surface area (Å²) in [4.78, 5) is 5.53. The maximum Gasteiger partial charge on any atom is 0.189 e. The molecule has 2 bridgehead atoms. The summed E-state index contributed by atoms with van der Waals surface area (Å²) in [6, 6.07) is 10.2. The van der Waals surface area contributed by atoms with Crippen LogP contribution >= 0.6 is 23.6 Å². The maximum absolute atomic E-state index is 11.2. The Bertz CT molecular complexity index is 791. The number of thiocarbonyl (C=S) groups is 1. The second-order valence-electron chi connectivity index (χ2n) is 6.86. The van der Waals surface area contributed by atoms with E-state index in [2.05, 4.69) is 27.8 Å². The Hall–Kier alpha value is -1.48. The van der Waals surface area contributed by atoms with Gasteiger partial charge < -0.3 is 20.1 Å². The van der Waals surface area contributed by atoms with Gasteiger partial charge in [-0.2, -0.15) is 0 Å². The first kappa shape index (κ1) is 17.9. The third kappa shape index (κ3) is 3.64. The molecular formula is C18H25BN4OS2. The molecule has 0 aliphatic carbocycles. The summed E-state index contributed by atoms with van der Waals surface area (Å²) in [5, 5.41) is 18.9. The minimum Gasteiger partial charge on any atom is -0.520 e. The standard InChI is InChI=1S/C18H25BN4OS2/c19-23-8-6-14(7-9-23)18(24,12-23)11-21-16(25)22-17-20-10-15(26-17)13-4-2-1-3-5-13/h1-5,10,14,24H,6-9,11-12H2,19H3,(H2,20,21,22,25). The Labute approximate surface area is 164 Å². The summed E-state index contributed by atoms with van der Waals surface area (Å²) in [7, 11) is 0.195. The van der Waals surface area contributed by atoms with E-state index in [1.807, 2.05) is 24.4 Å². The highest BCUT2D eigenvalue weighted by atomic mass is 32.1. The zero-order chi connectivity index (χ0) is 18.2. The summed E-state index contributed by atoms with van der Waals surface area (Å²) in [6.07, 6.45) is 4.19. The van der Waals surface area contributed by atoms with E-state index in [1.54, 1.807) is 11.3 Å². The molecule has 3 aliphatic heterocycles. The molecular weight excluding hydrogens is 363 g/mol. The summed E-state index contributed by atoms with van der Waals surface area (Å²) in [5.41, 5.74) is 0.546. The van der Waals surface area contributed by atoms with E-state index in [1.165, 1.54) is 17.5 Å². The van der Waals surface area contributed by atoms with Crippen molar-refractivity contribution in [2.75, 3.05) is 31.5 Å². The first-order valence-electron chi connectivity index (χ1n) is 8.63. The lowest BCUT2D eigenvalue weighted by Gasteiger charge is -2.60. The Morgan fingerprint density at radius 1 is 1.35 bits per heavy atom. The van der Waals surface area contributed by atoms with E-state index in [-0.39, 0.29) is 7.98 Å². The summed E-state index contributed by atoms with van der Waals surface area (Å²) >= 11 is 7.02. The largest absolute Gasteiger partial charge is 0.520 e. The van der Waals surface area contributed by atoms with Crippen LogP contribution in [0.1, 0.15) is 12.8 Å². The van der Waals surface area contributed by atoms with E-state index < -0.39 is 5.60 Å². The van der Waals surface area contributed by atoms with E-state index >= 15 is 0 Å². The van der Waals surface area contributed by atoms with Crippen LogP contribution < -0.4 is 10.6 Å². The highest BCUT2D eigenvalue weighted by Gasteiger charge is 2.49. The number of hydrogen-bond donors (Lipinski definition) is 3. The van der Waals surface area contributed by atoms with Crippen LogP contribution in [0.25, 0.3) is 10.4 Å². The van der Waals surface area contributed by atoms with E-state index in [0.29, 0.717) is 17.6 Å². The minimum atomic E-state index is -0.609. The molecule has 0 amide bonds. The Morgan fingerprint density at radius 2 is 2.08 bits per heavy atom. The van der Waals surface area contributed by atoms with Crippen LogP contribution in [0.2, 0.25) is 0 Å². The molecule has 1 atom stereocenters. The lowest BCUT2D eigenvalue weighted by molar-refractivity contribution is -0.846. The fraction of sp³-hybridized carbons (Fsp3) is 0.444. The number of hydrogen-bond acceptors (Lipinski definition) is 4. The smallest absolute Gasteiger partial charge is 0.189 e. The number of benzene rings is 1. The monoisotopic (exact) mass is 388 g/mol. The summed E-state index contributed by atoms with van der Waals surface area (Å²) < 4.78 is 1.22. The van der Waals surface area contributed by atoms with Gasteiger partial charge in [0.25, 0.3) is 0 Å². The molecule has 0 spiro atoms. The number of quaternary nitrogens is 1. The van der Waals surface area contributed by atoms with Gasteiger partial charge in [0.2, 0.25) is 0 Å². The summed E-state index contributed by atoms with van der Waals surface area (Å²) in [5.74, 6) is 0.417. The molecule has 3 saturated heterocycles. The van der Waals surface area contributed by atoms with Crippen molar-refractivity contribution in [1.82, 2.24) is 10.3 Å². The number of thiazole rings is 1. The predicted octanol–water partition coefficient (Wildman–Crippen LogP) is 1.35. The van der Waals surface area contributed by atoms with Gasteiger partial charge in [0, 0.05) is 25.2 Å². The van der Waals surface area contributed by atoms with Crippen LogP contribution in [0.4, 0.5) is 5.13 Å². The van der Waals surface area contributed by atoms with Gasteiger partial charge in [0.1, 0.15) is 5.60 Å². The highest BCUT2D eigenvalue weighted by Crippen LogP contribution is 2.38. The highest BCUT2D eigenvalue weighted by molar-refractivity contribution is 7.80. The Morgan fingerprint density at radius 3 is 2.77 bits per heavy atom. The van der Waals surface area contributed by atoms with Gasteiger partial charge in [-0.1, -0.05) is 41.7 Å². The molecule has 5 rings (SSSR count). The van der Waals surface area contributed by atoms with Crippen LogP contribution in [0, 0.1) is 5.92 Å². The second kappa shape index (κ2) is 6.92. The van der Waals surface area contributed by atoms with E-state index in [4.69, 9.17) is 12.2 Å². The van der Waals surface area contributed by atoms with E-state index in [9.17, 15) is 5.11 Å². The van der Waals surface area contributed by atoms with Crippen LogP contribution in [0.15, 0.2) is 36.5 Å². The van der Waals surface area contributed by atoms with Gasteiger partial charge in [-0.3, -0.25) is 0 Å². The fourth-order valence-electron chi connectivity index (χ4n) is 3.79. The first-order valence-corrected chi connectivity index (χ1v) is 9.86. The Kier molecular flexibility index (Phi) is 4.77. The van der Waals surface area contributed by atoms with Crippen molar-refractivity contribution >= 4 is 41.8 Å². The van der Waals surface area contributed by atoms with Gasteiger partial charge in [-0.15, -0.1) is 0 Å². The van der Waals surface area contributed by atoms with Crippen LogP contribution in [0.3, 0.4) is 0 Å². The number of nitrogens with zero attached hydrogens (tertiary/aromatic N) is 2. The number of aromatic nitrogens is 1. The van der Waals surface area contributed by atoms with Crippen molar-refractivity contribution in [2.24, 2.45) is 5.92 Å². The minimum absolute atomic E-state index is 0.195. The lowest BCUT2D eigenvalue weighted by Crippen LogP contribution is -2.70. The zero-order valence-electron chi connectivity index (χ0n) is 13.9. The molecule has 0 radical (unpaired) electrons. The Balaban J connectivity index is 1.34. The van der Waals surface area contributed by atoms with Crippen molar-refractivity contribution in [3.63, 3.8) is 0 Å². The molecule has 3 N–H and O–H groups in total. The van der Waals surface area contributed by atoms with Crippen LogP contribution in [-0.2, 0) is 0 Å². The molecule has 0 saturated carbocycles. The number of rotatable bonds is 4. The van der Waals surface area contributed by atoms with E-state index in [0.717, 1.165) is 35.0 Å². The normalized spacial score (nSPS) is 30.2. The quantitative estimate of drug-likeness (QED) is 0.545. The SMILES string of the molecule is [BH3-][N+]12CCC(CC1)C(O)(CNC(=S)Nc1ncc(-c3ccccc3)s1)C2. The molecule has 26 heavy (non-hydrogen) atoms. The molecule has 8 heteroatoms.